The van der Waals surface area contributed by atoms with Crippen LogP contribution < -0.4 is 10.6 Å². The second-order valence-corrected chi connectivity index (χ2v) is 7.98. The Hall–Kier alpha value is -0.590. The summed E-state index contributed by atoms with van der Waals surface area (Å²) in [5.41, 5.74) is 0. The van der Waals surface area contributed by atoms with E-state index in [2.05, 4.69) is 25.7 Å². The van der Waals surface area contributed by atoms with Crippen molar-refractivity contribution >= 4 is 41.7 Å². The monoisotopic (exact) mass is 509 g/mol. The van der Waals surface area contributed by atoms with Crippen LogP contribution in [0.3, 0.4) is 0 Å². The molecule has 2 fully saturated rings. The van der Waals surface area contributed by atoms with Crippen molar-refractivity contribution in [2.45, 2.75) is 32.4 Å². The molecule has 3 rings (SSSR count). The third-order valence-electron chi connectivity index (χ3n) is 4.89. The lowest BCUT2D eigenvalue weighted by molar-refractivity contribution is 0.0389. The first-order valence-corrected chi connectivity index (χ1v) is 10.7. The number of guanidine groups is 1. The van der Waals surface area contributed by atoms with Gasteiger partial charge in [-0.05, 0) is 25.5 Å². The first-order valence-electron chi connectivity index (χ1n) is 9.50. The summed E-state index contributed by atoms with van der Waals surface area (Å²) in [6.45, 7) is 8.07. The van der Waals surface area contributed by atoms with Gasteiger partial charge in [-0.3, -0.25) is 4.90 Å². The van der Waals surface area contributed by atoms with E-state index in [0.717, 1.165) is 62.8 Å². The average Bonchev–Trinajstić information content (AvgIpc) is 2.99. The largest absolute Gasteiger partial charge is 0.379 e. The molecule has 1 aromatic rings. The summed E-state index contributed by atoms with van der Waals surface area (Å²) < 4.78 is 7.40. The van der Waals surface area contributed by atoms with Crippen LogP contribution in [0.15, 0.2) is 4.99 Å². The molecule has 27 heavy (non-hydrogen) atoms. The fourth-order valence-corrected chi connectivity index (χ4v) is 4.17. The topological polar surface area (TPSA) is 79.6 Å². The minimum atomic E-state index is 0. The molecule has 0 spiro atoms. The normalized spacial score (nSPS) is 21.6. The van der Waals surface area contributed by atoms with Crippen molar-refractivity contribution < 1.29 is 4.74 Å². The van der Waals surface area contributed by atoms with E-state index in [1.807, 2.05) is 30.3 Å². The van der Waals surface area contributed by atoms with Crippen LogP contribution in [-0.4, -0.2) is 82.6 Å². The Balaban J connectivity index is 0.00000261. The predicted octanol–water partition coefficient (Wildman–Crippen LogP) is 1.00. The molecular formula is C17H32IN7OS. The number of nitrogens with one attached hydrogen (secondary N) is 2. The van der Waals surface area contributed by atoms with Crippen molar-refractivity contribution in [3.05, 3.63) is 11.6 Å². The van der Waals surface area contributed by atoms with E-state index < -0.39 is 0 Å². The third-order valence-corrected chi connectivity index (χ3v) is 6.10. The van der Waals surface area contributed by atoms with E-state index >= 15 is 0 Å². The van der Waals surface area contributed by atoms with E-state index in [9.17, 15) is 0 Å². The Morgan fingerprint density at radius 2 is 2.15 bits per heavy atom. The number of ether oxygens (including phenoxy) is 1. The molecule has 10 heteroatoms. The molecule has 0 amide bonds. The van der Waals surface area contributed by atoms with Gasteiger partial charge in [0, 0.05) is 45.0 Å². The highest BCUT2D eigenvalue weighted by Crippen LogP contribution is 2.16. The number of rotatable bonds is 6. The highest BCUT2D eigenvalue weighted by atomic mass is 127. The number of aromatic nitrogens is 3. The number of hydrogen-bond acceptors (Lipinski definition) is 6. The summed E-state index contributed by atoms with van der Waals surface area (Å²) in [6, 6.07) is 0.490. The van der Waals surface area contributed by atoms with E-state index in [1.165, 1.54) is 18.6 Å². The maximum atomic E-state index is 5.41. The number of halogens is 1. The summed E-state index contributed by atoms with van der Waals surface area (Å²) in [6.07, 6.45) is 2.48. The van der Waals surface area contributed by atoms with Gasteiger partial charge in [0.1, 0.15) is 12.4 Å². The predicted molar refractivity (Wildman–Crippen MR) is 121 cm³/mol. The molecule has 2 saturated heterocycles. The Morgan fingerprint density at radius 1 is 1.33 bits per heavy atom. The molecule has 0 radical (unpaired) electrons. The van der Waals surface area contributed by atoms with Gasteiger partial charge >= 0.3 is 0 Å². The van der Waals surface area contributed by atoms with Crippen molar-refractivity contribution in [3.8, 4) is 0 Å². The second-order valence-electron chi connectivity index (χ2n) is 6.83. The van der Waals surface area contributed by atoms with Crippen LogP contribution in [0.5, 0.6) is 0 Å². The Bertz CT molecular complexity index is 586. The minimum absolute atomic E-state index is 0. The lowest BCUT2D eigenvalue weighted by atomic mass is 10.2. The van der Waals surface area contributed by atoms with Gasteiger partial charge in [-0.15, -0.1) is 34.2 Å². The lowest BCUT2D eigenvalue weighted by Crippen LogP contribution is -2.48. The number of thioether (sulfide) groups is 1. The summed E-state index contributed by atoms with van der Waals surface area (Å²) >= 11 is 2.02. The highest BCUT2D eigenvalue weighted by Gasteiger charge is 2.16. The smallest absolute Gasteiger partial charge is 0.192 e. The van der Waals surface area contributed by atoms with E-state index in [1.54, 1.807) is 0 Å². The van der Waals surface area contributed by atoms with Crippen LogP contribution in [0.25, 0.3) is 0 Å². The first-order chi connectivity index (χ1) is 12.7. The fourth-order valence-electron chi connectivity index (χ4n) is 3.10. The molecular weight excluding hydrogens is 477 g/mol. The van der Waals surface area contributed by atoms with Crippen LogP contribution in [0.1, 0.15) is 24.5 Å². The summed E-state index contributed by atoms with van der Waals surface area (Å²) in [4.78, 5) is 7.19. The van der Waals surface area contributed by atoms with Crippen LogP contribution in [-0.2, 0) is 18.3 Å². The van der Waals surface area contributed by atoms with Crippen LogP contribution in [0, 0.1) is 6.92 Å². The molecule has 0 saturated carbocycles. The van der Waals surface area contributed by atoms with Crippen molar-refractivity contribution in [2.75, 3.05) is 50.9 Å². The molecule has 0 bridgehead atoms. The zero-order valence-corrected chi connectivity index (χ0v) is 19.5. The SMILES string of the molecule is Cc1nnc(CN=C(NCCN2CCOCC2)NC2CCCSC2)n1C.I. The zero-order valence-electron chi connectivity index (χ0n) is 16.3. The number of morpholine rings is 1. The molecule has 0 aliphatic carbocycles. The van der Waals surface area contributed by atoms with Crippen LogP contribution in [0.2, 0.25) is 0 Å². The lowest BCUT2D eigenvalue weighted by Gasteiger charge is -2.28. The van der Waals surface area contributed by atoms with E-state index in [4.69, 9.17) is 9.73 Å². The number of aliphatic imine (C=N–C) groups is 1. The summed E-state index contributed by atoms with van der Waals surface area (Å²) in [5.74, 6) is 5.09. The van der Waals surface area contributed by atoms with Gasteiger partial charge in [0.2, 0.25) is 0 Å². The van der Waals surface area contributed by atoms with Gasteiger partial charge in [0.25, 0.3) is 0 Å². The summed E-state index contributed by atoms with van der Waals surface area (Å²) in [5, 5.41) is 15.4. The molecule has 2 aliphatic rings. The van der Waals surface area contributed by atoms with Crippen LogP contribution in [0.4, 0.5) is 0 Å². The van der Waals surface area contributed by atoms with Gasteiger partial charge in [0.05, 0.1) is 13.2 Å². The molecule has 154 valence electrons. The van der Waals surface area contributed by atoms with Crippen LogP contribution >= 0.6 is 35.7 Å². The molecule has 1 aromatic heterocycles. The van der Waals surface area contributed by atoms with Crippen molar-refractivity contribution in [3.63, 3.8) is 0 Å². The molecule has 8 nitrogen and oxygen atoms in total. The van der Waals surface area contributed by atoms with Crippen molar-refractivity contribution in [1.29, 1.82) is 0 Å². The minimum Gasteiger partial charge on any atom is -0.379 e. The Kier molecular flexibility index (Phi) is 10.2. The molecule has 1 atom stereocenters. The first kappa shape index (κ1) is 22.7. The molecule has 0 aromatic carbocycles. The Labute approximate surface area is 183 Å². The molecule has 2 aliphatic heterocycles. The standard InChI is InChI=1S/C17H31N7OS.HI/c1-14-21-22-16(23(14)2)12-19-17(20-15-4-3-11-26-13-15)18-5-6-24-7-9-25-10-8-24;/h15H,3-13H2,1-2H3,(H2,18,19,20);1H. The number of aryl methyl sites for hydroxylation is 1. The van der Waals surface area contributed by atoms with Gasteiger partial charge < -0.3 is 19.9 Å². The maximum Gasteiger partial charge on any atom is 0.192 e. The van der Waals surface area contributed by atoms with Gasteiger partial charge in [-0.25, -0.2) is 4.99 Å². The fraction of sp³-hybridized carbons (Fsp3) is 0.824. The Morgan fingerprint density at radius 3 is 2.81 bits per heavy atom. The average molecular weight is 509 g/mol. The van der Waals surface area contributed by atoms with Crippen molar-refractivity contribution in [1.82, 2.24) is 30.3 Å². The molecule has 1 unspecified atom stereocenters. The van der Waals surface area contributed by atoms with E-state index in [0.29, 0.717) is 12.6 Å². The number of nitrogens with zero attached hydrogens (tertiary/aromatic N) is 5. The third kappa shape index (κ3) is 7.39. The molecule has 3 heterocycles. The van der Waals surface area contributed by atoms with Gasteiger partial charge in [-0.2, -0.15) is 11.8 Å². The van der Waals surface area contributed by atoms with E-state index in [-0.39, 0.29) is 24.0 Å². The van der Waals surface area contributed by atoms with Crippen molar-refractivity contribution in [2.24, 2.45) is 12.0 Å². The maximum absolute atomic E-state index is 5.41. The highest BCUT2D eigenvalue weighted by molar-refractivity contribution is 14.0. The second kappa shape index (κ2) is 12.1. The number of hydrogen-bond donors (Lipinski definition) is 2. The molecule has 2 N–H and O–H groups in total. The van der Waals surface area contributed by atoms with Gasteiger partial charge in [-0.1, -0.05) is 0 Å². The van der Waals surface area contributed by atoms with Gasteiger partial charge in [0.15, 0.2) is 11.8 Å². The quantitative estimate of drug-likeness (QED) is 0.337. The zero-order chi connectivity index (χ0) is 18.2. The summed E-state index contributed by atoms with van der Waals surface area (Å²) in [7, 11) is 1.98.